The molecule has 0 aliphatic carbocycles. The summed E-state index contributed by atoms with van der Waals surface area (Å²) in [5.74, 6) is 1.74. The van der Waals surface area contributed by atoms with E-state index in [1.165, 1.54) is 70.6 Å². The van der Waals surface area contributed by atoms with Gasteiger partial charge in [0.2, 0.25) is 0 Å². The minimum Gasteiger partial charge on any atom is -0.307 e. The molecule has 1 nitrogen and oxygen atoms in total. The van der Waals surface area contributed by atoms with Gasteiger partial charge < -0.3 is 5.32 Å². The molecule has 0 radical (unpaired) electrons. The van der Waals surface area contributed by atoms with Gasteiger partial charge in [0.1, 0.15) is 0 Å². The van der Waals surface area contributed by atoms with Crippen LogP contribution in [0.1, 0.15) is 126 Å². The molecule has 1 heterocycles. The van der Waals surface area contributed by atoms with E-state index in [1.54, 1.807) is 0 Å². The number of nitrogens with one attached hydrogen (secondary N) is 1. The first-order valence-electron chi connectivity index (χ1n) is 11.3. The highest BCUT2D eigenvalue weighted by molar-refractivity contribution is 5.00. The fourth-order valence-corrected chi connectivity index (χ4v) is 5.74. The van der Waals surface area contributed by atoms with Gasteiger partial charge in [-0.15, -0.1) is 0 Å². The molecular weight excluding hydrogens is 302 g/mol. The molecule has 1 fully saturated rings. The van der Waals surface area contributed by atoms with E-state index in [2.05, 4.69) is 60.7 Å². The lowest BCUT2D eigenvalue weighted by atomic mass is 9.61. The van der Waals surface area contributed by atoms with Gasteiger partial charge in [0, 0.05) is 11.1 Å². The van der Waals surface area contributed by atoms with Crippen LogP contribution >= 0.6 is 0 Å². The van der Waals surface area contributed by atoms with Crippen molar-refractivity contribution in [3.05, 3.63) is 0 Å². The SMILES string of the molecule is CCCCCCCC(C)(C)C(CCCC)C1CC(C)(C)NC(C)(C)C1. The van der Waals surface area contributed by atoms with Crippen LogP contribution in [0.15, 0.2) is 0 Å². The second-order valence-corrected chi connectivity index (χ2v) is 11.0. The van der Waals surface area contributed by atoms with Gasteiger partial charge in [0.25, 0.3) is 0 Å². The number of unbranched alkanes of at least 4 members (excludes halogenated alkanes) is 5. The summed E-state index contributed by atoms with van der Waals surface area (Å²) in [6.07, 6.45) is 15.3. The zero-order valence-corrected chi connectivity index (χ0v) is 18.9. The first-order chi connectivity index (χ1) is 11.5. The van der Waals surface area contributed by atoms with Crippen LogP contribution in [0.2, 0.25) is 0 Å². The summed E-state index contributed by atoms with van der Waals surface area (Å²) in [6.45, 7) is 19.5. The van der Waals surface area contributed by atoms with Crippen LogP contribution in [0.4, 0.5) is 0 Å². The van der Waals surface area contributed by atoms with Gasteiger partial charge in [-0.1, -0.05) is 72.6 Å². The molecule has 1 unspecified atom stereocenters. The molecule has 1 atom stereocenters. The lowest BCUT2D eigenvalue weighted by Gasteiger charge is -2.52. The Morgan fingerprint density at radius 1 is 0.840 bits per heavy atom. The van der Waals surface area contributed by atoms with Gasteiger partial charge in [-0.3, -0.25) is 0 Å². The third-order valence-electron chi connectivity index (χ3n) is 6.59. The average molecular weight is 352 g/mol. The van der Waals surface area contributed by atoms with Crippen LogP contribution in [0.25, 0.3) is 0 Å². The van der Waals surface area contributed by atoms with Gasteiger partial charge in [-0.2, -0.15) is 0 Å². The Morgan fingerprint density at radius 2 is 1.36 bits per heavy atom. The lowest BCUT2D eigenvalue weighted by Crippen LogP contribution is -2.59. The van der Waals surface area contributed by atoms with E-state index in [-0.39, 0.29) is 11.1 Å². The Morgan fingerprint density at radius 3 is 1.88 bits per heavy atom. The highest BCUT2D eigenvalue weighted by Crippen LogP contribution is 2.47. The summed E-state index contributed by atoms with van der Waals surface area (Å²) in [5.41, 5.74) is 1.03. The molecule has 1 heteroatoms. The molecule has 0 aromatic rings. The highest BCUT2D eigenvalue weighted by Gasteiger charge is 2.44. The smallest absolute Gasteiger partial charge is 0.0132 e. The molecule has 1 rings (SSSR count). The largest absolute Gasteiger partial charge is 0.307 e. The molecule has 0 amide bonds. The predicted octanol–water partition coefficient (Wildman–Crippen LogP) is 7.74. The van der Waals surface area contributed by atoms with Crippen LogP contribution in [0, 0.1) is 17.3 Å². The van der Waals surface area contributed by atoms with Gasteiger partial charge in [0.05, 0.1) is 0 Å². The molecule has 0 saturated carbocycles. The standard InChI is InChI=1S/C24H49N/c1-9-11-13-14-15-17-22(3,4)21(16-12-10-2)20-18-23(5,6)25-24(7,8)19-20/h20-21,25H,9-19H2,1-8H3. The molecule has 0 bridgehead atoms. The Hall–Kier alpha value is -0.0400. The van der Waals surface area contributed by atoms with Crippen molar-refractivity contribution in [2.75, 3.05) is 0 Å². The molecule has 0 spiro atoms. The summed E-state index contributed by atoms with van der Waals surface area (Å²) in [4.78, 5) is 0. The van der Waals surface area contributed by atoms with Crippen molar-refractivity contribution in [3.8, 4) is 0 Å². The Bertz CT molecular complexity index is 350. The van der Waals surface area contributed by atoms with Crippen LogP contribution in [0.3, 0.4) is 0 Å². The zero-order valence-electron chi connectivity index (χ0n) is 18.9. The van der Waals surface area contributed by atoms with Gasteiger partial charge >= 0.3 is 0 Å². The van der Waals surface area contributed by atoms with Crippen molar-refractivity contribution in [1.82, 2.24) is 5.32 Å². The summed E-state index contributed by atoms with van der Waals surface area (Å²) in [7, 11) is 0. The van der Waals surface area contributed by atoms with E-state index >= 15 is 0 Å². The summed E-state index contributed by atoms with van der Waals surface area (Å²) in [6, 6.07) is 0. The second kappa shape index (κ2) is 9.77. The molecular formula is C24H49N. The number of hydrogen-bond donors (Lipinski definition) is 1. The quantitative estimate of drug-likeness (QED) is 0.375. The van der Waals surface area contributed by atoms with Crippen molar-refractivity contribution < 1.29 is 0 Å². The van der Waals surface area contributed by atoms with Crippen LogP contribution in [-0.2, 0) is 0 Å². The summed E-state index contributed by atoms with van der Waals surface area (Å²) < 4.78 is 0. The van der Waals surface area contributed by atoms with E-state index in [0.717, 1.165) is 11.8 Å². The van der Waals surface area contributed by atoms with Crippen molar-refractivity contribution >= 4 is 0 Å². The zero-order chi connectivity index (χ0) is 19.1. The van der Waals surface area contributed by atoms with Crippen molar-refractivity contribution in [2.24, 2.45) is 17.3 Å². The topological polar surface area (TPSA) is 12.0 Å². The van der Waals surface area contributed by atoms with Crippen molar-refractivity contribution in [3.63, 3.8) is 0 Å². The average Bonchev–Trinajstić information content (AvgIpc) is 2.44. The van der Waals surface area contributed by atoms with E-state index in [1.807, 2.05) is 0 Å². The van der Waals surface area contributed by atoms with Crippen molar-refractivity contribution in [1.29, 1.82) is 0 Å². The summed E-state index contributed by atoms with van der Waals surface area (Å²) >= 11 is 0. The van der Waals surface area contributed by atoms with Crippen LogP contribution in [-0.4, -0.2) is 11.1 Å². The predicted molar refractivity (Wildman–Crippen MR) is 114 cm³/mol. The van der Waals surface area contributed by atoms with Crippen LogP contribution in [0.5, 0.6) is 0 Å². The van der Waals surface area contributed by atoms with Gasteiger partial charge in [0.15, 0.2) is 0 Å². The van der Waals surface area contributed by atoms with Crippen LogP contribution < -0.4 is 5.32 Å². The third-order valence-corrected chi connectivity index (χ3v) is 6.59. The highest BCUT2D eigenvalue weighted by atomic mass is 15.0. The fraction of sp³-hybridized carbons (Fsp3) is 1.00. The molecule has 1 N–H and O–H groups in total. The molecule has 1 aliphatic rings. The number of hydrogen-bond acceptors (Lipinski definition) is 1. The fourth-order valence-electron chi connectivity index (χ4n) is 5.74. The first kappa shape index (κ1) is 23.0. The first-order valence-corrected chi connectivity index (χ1v) is 11.3. The molecule has 150 valence electrons. The van der Waals surface area contributed by atoms with E-state index < -0.39 is 0 Å². The molecule has 25 heavy (non-hydrogen) atoms. The second-order valence-electron chi connectivity index (χ2n) is 11.0. The normalized spacial score (nSPS) is 22.1. The summed E-state index contributed by atoms with van der Waals surface area (Å²) in [5, 5.41) is 3.89. The maximum atomic E-state index is 3.89. The minimum absolute atomic E-state index is 0.272. The molecule has 1 aliphatic heterocycles. The molecule has 0 aromatic heterocycles. The maximum Gasteiger partial charge on any atom is 0.0132 e. The maximum absolute atomic E-state index is 3.89. The molecule has 0 aromatic carbocycles. The number of rotatable bonds is 11. The third kappa shape index (κ3) is 8.02. The minimum atomic E-state index is 0.272. The lowest BCUT2D eigenvalue weighted by molar-refractivity contribution is 0.0285. The molecule has 1 saturated heterocycles. The van der Waals surface area contributed by atoms with Gasteiger partial charge in [-0.05, 0) is 70.6 Å². The Labute approximate surface area is 160 Å². The van der Waals surface area contributed by atoms with E-state index in [0.29, 0.717) is 5.41 Å². The Balaban J connectivity index is 2.80. The Kier molecular flexibility index (Phi) is 8.99. The van der Waals surface area contributed by atoms with E-state index in [4.69, 9.17) is 0 Å². The monoisotopic (exact) mass is 351 g/mol. The van der Waals surface area contributed by atoms with Gasteiger partial charge in [-0.25, -0.2) is 0 Å². The number of piperidine rings is 1. The van der Waals surface area contributed by atoms with E-state index in [9.17, 15) is 0 Å². The van der Waals surface area contributed by atoms with Crippen molar-refractivity contribution in [2.45, 2.75) is 137 Å².